The van der Waals surface area contributed by atoms with Crippen LogP contribution in [0.3, 0.4) is 0 Å². The molecule has 1 N–H and O–H groups in total. The molecule has 0 spiro atoms. The SMILES string of the molecule is O=C(NCCN1CCN(Cc2ccccc2)CC1)c1cc(-c2ccccc2)c(N2CCOCC2)s1. The maximum atomic E-state index is 13.1. The Hall–Kier alpha value is -2.71. The molecular formula is C28H34N4O2S. The summed E-state index contributed by atoms with van der Waals surface area (Å²) in [4.78, 5) is 21.1. The fraction of sp³-hybridized carbons (Fsp3) is 0.393. The van der Waals surface area contributed by atoms with Gasteiger partial charge in [-0.1, -0.05) is 60.7 Å². The van der Waals surface area contributed by atoms with Crippen LogP contribution < -0.4 is 10.2 Å². The molecule has 1 amide bonds. The smallest absolute Gasteiger partial charge is 0.261 e. The molecule has 5 rings (SSSR count). The van der Waals surface area contributed by atoms with E-state index in [1.165, 1.54) is 10.6 Å². The second-order valence-electron chi connectivity index (χ2n) is 9.15. The van der Waals surface area contributed by atoms with Gasteiger partial charge < -0.3 is 15.0 Å². The summed E-state index contributed by atoms with van der Waals surface area (Å²) < 4.78 is 5.54. The second-order valence-corrected chi connectivity index (χ2v) is 10.2. The molecule has 0 aliphatic carbocycles. The number of nitrogens with zero attached hydrogens (tertiary/aromatic N) is 3. The molecule has 6 nitrogen and oxygen atoms in total. The lowest BCUT2D eigenvalue weighted by atomic mass is 10.1. The first-order valence-electron chi connectivity index (χ1n) is 12.5. The number of piperazine rings is 1. The van der Waals surface area contributed by atoms with Gasteiger partial charge in [0, 0.05) is 64.5 Å². The Bertz CT molecular complexity index is 1070. The van der Waals surface area contributed by atoms with E-state index < -0.39 is 0 Å². The van der Waals surface area contributed by atoms with Crippen molar-refractivity contribution in [3.05, 3.63) is 77.2 Å². The molecule has 0 atom stereocenters. The van der Waals surface area contributed by atoms with Crippen molar-refractivity contribution in [2.75, 3.05) is 70.5 Å². The first kappa shape index (κ1) is 24.0. The number of benzene rings is 2. The normalized spacial score (nSPS) is 17.4. The molecule has 3 heterocycles. The number of carbonyl (C=O) groups excluding carboxylic acids is 1. The molecule has 1 aromatic heterocycles. The predicted octanol–water partition coefficient (Wildman–Crippen LogP) is 3.80. The summed E-state index contributed by atoms with van der Waals surface area (Å²) in [7, 11) is 0. The highest BCUT2D eigenvalue weighted by Gasteiger charge is 2.22. The number of carbonyl (C=O) groups is 1. The summed E-state index contributed by atoms with van der Waals surface area (Å²) in [5.74, 6) is 0.0226. The molecule has 2 saturated heterocycles. The van der Waals surface area contributed by atoms with E-state index in [9.17, 15) is 4.79 Å². The third-order valence-electron chi connectivity index (χ3n) is 6.75. The van der Waals surface area contributed by atoms with Crippen molar-refractivity contribution < 1.29 is 9.53 Å². The summed E-state index contributed by atoms with van der Waals surface area (Å²) in [6.45, 7) is 9.96. The monoisotopic (exact) mass is 490 g/mol. The third-order valence-corrected chi connectivity index (χ3v) is 7.94. The van der Waals surface area contributed by atoms with Gasteiger partial charge in [0.1, 0.15) is 0 Å². The molecular weight excluding hydrogens is 456 g/mol. The molecule has 0 saturated carbocycles. The van der Waals surface area contributed by atoms with Crippen LogP contribution in [0, 0.1) is 0 Å². The number of nitrogens with one attached hydrogen (secondary N) is 1. The number of morpholine rings is 1. The topological polar surface area (TPSA) is 48.1 Å². The third kappa shape index (κ3) is 6.30. The zero-order valence-electron chi connectivity index (χ0n) is 20.2. The van der Waals surface area contributed by atoms with E-state index in [4.69, 9.17) is 4.74 Å². The minimum absolute atomic E-state index is 0.0226. The highest BCUT2D eigenvalue weighted by molar-refractivity contribution is 7.18. The first-order chi connectivity index (χ1) is 17.3. The fourth-order valence-electron chi connectivity index (χ4n) is 4.75. The fourth-order valence-corrected chi connectivity index (χ4v) is 5.89. The number of hydrogen-bond acceptors (Lipinski definition) is 6. The lowest BCUT2D eigenvalue weighted by Crippen LogP contribution is -2.48. The van der Waals surface area contributed by atoms with Crippen molar-refractivity contribution in [2.24, 2.45) is 0 Å². The maximum absolute atomic E-state index is 13.1. The van der Waals surface area contributed by atoms with Crippen molar-refractivity contribution in [3.63, 3.8) is 0 Å². The predicted molar refractivity (Wildman–Crippen MR) is 143 cm³/mol. The van der Waals surface area contributed by atoms with E-state index in [1.807, 2.05) is 6.07 Å². The molecule has 2 fully saturated rings. The standard InChI is InChI=1S/C28H34N4O2S/c33-27(29-11-12-30-13-15-31(16-14-30)22-23-7-3-1-4-8-23)26-21-25(24-9-5-2-6-10-24)28(35-26)32-17-19-34-20-18-32/h1-10,21H,11-20,22H2,(H,29,33). The van der Waals surface area contributed by atoms with Crippen molar-refractivity contribution in [1.29, 1.82) is 0 Å². The summed E-state index contributed by atoms with van der Waals surface area (Å²) in [5, 5.41) is 4.33. The number of hydrogen-bond donors (Lipinski definition) is 1. The zero-order chi connectivity index (χ0) is 23.9. The van der Waals surface area contributed by atoms with E-state index in [1.54, 1.807) is 11.3 Å². The summed E-state index contributed by atoms with van der Waals surface area (Å²) in [5.41, 5.74) is 3.66. The van der Waals surface area contributed by atoms with E-state index in [0.29, 0.717) is 6.54 Å². The van der Waals surface area contributed by atoms with Gasteiger partial charge in [0.2, 0.25) is 0 Å². The number of ether oxygens (including phenoxy) is 1. The Morgan fingerprint density at radius 1 is 0.857 bits per heavy atom. The van der Waals surface area contributed by atoms with E-state index in [2.05, 4.69) is 80.7 Å². The first-order valence-corrected chi connectivity index (χ1v) is 13.4. The second kappa shape index (κ2) is 11.8. The largest absolute Gasteiger partial charge is 0.378 e. The number of rotatable bonds is 8. The van der Waals surface area contributed by atoms with Crippen LogP contribution in [0.5, 0.6) is 0 Å². The molecule has 0 unspecified atom stereocenters. The van der Waals surface area contributed by atoms with Gasteiger partial charge in [0.05, 0.1) is 23.1 Å². The highest BCUT2D eigenvalue weighted by Crippen LogP contribution is 2.39. The molecule has 2 aliphatic heterocycles. The van der Waals surface area contributed by atoms with E-state index in [-0.39, 0.29) is 5.91 Å². The lowest BCUT2D eigenvalue weighted by Gasteiger charge is -2.34. The summed E-state index contributed by atoms with van der Waals surface area (Å²) >= 11 is 1.59. The van der Waals surface area contributed by atoms with Gasteiger partial charge in [-0.05, 0) is 17.2 Å². The Balaban J connectivity index is 1.14. The average molecular weight is 491 g/mol. The van der Waals surface area contributed by atoms with Gasteiger partial charge in [-0.2, -0.15) is 0 Å². The quantitative estimate of drug-likeness (QED) is 0.521. The molecule has 2 aliphatic rings. The Kier molecular flexibility index (Phi) is 8.10. The molecule has 184 valence electrons. The highest BCUT2D eigenvalue weighted by atomic mass is 32.1. The molecule has 3 aromatic rings. The Morgan fingerprint density at radius 2 is 1.51 bits per heavy atom. The van der Waals surface area contributed by atoms with E-state index in [0.717, 1.165) is 81.6 Å². The lowest BCUT2D eigenvalue weighted by molar-refractivity contribution is 0.0938. The van der Waals surface area contributed by atoms with Gasteiger partial charge in [-0.25, -0.2) is 0 Å². The van der Waals surface area contributed by atoms with Crippen molar-refractivity contribution in [3.8, 4) is 11.1 Å². The van der Waals surface area contributed by atoms with Crippen LogP contribution in [0.25, 0.3) is 11.1 Å². The van der Waals surface area contributed by atoms with Gasteiger partial charge in [0.25, 0.3) is 5.91 Å². The Labute approximate surface area is 212 Å². The van der Waals surface area contributed by atoms with Gasteiger partial charge in [0.15, 0.2) is 0 Å². The van der Waals surface area contributed by atoms with Gasteiger partial charge >= 0.3 is 0 Å². The van der Waals surface area contributed by atoms with Crippen LogP contribution in [0.1, 0.15) is 15.2 Å². The zero-order valence-corrected chi connectivity index (χ0v) is 21.0. The van der Waals surface area contributed by atoms with Crippen LogP contribution in [0.15, 0.2) is 66.7 Å². The molecule has 0 radical (unpaired) electrons. The molecule has 0 bridgehead atoms. The summed E-state index contributed by atoms with van der Waals surface area (Å²) in [6, 6.07) is 23.1. The molecule has 7 heteroatoms. The molecule has 2 aromatic carbocycles. The van der Waals surface area contributed by atoms with Crippen molar-refractivity contribution in [1.82, 2.24) is 15.1 Å². The Morgan fingerprint density at radius 3 is 2.23 bits per heavy atom. The minimum Gasteiger partial charge on any atom is -0.378 e. The maximum Gasteiger partial charge on any atom is 0.261 e. The van der Waals surface area contributed by atoms with Crippen molar-refractivity contribution in [2.45, 2.75) is 6.54 Å². The molecule has 35 heavy (non-hydrogen) atoms. The van der Waals surface area contributed by atoms with Crippen LogP contribution >= 0.6 is 11.3 Å². The van der Waals surface area contributed by atoms with Crippen LogP contribution in [0.4, 0.5) is 5.00 Å². The number of amides is 1. The van der Waals surface area contributed by atoms with Crippen LogP contribution in [-0.2, 0) is 11.3 Å². The van der Waals surface area contributed by atoms with Crippen LogP contribution in [-0.4, -0.2) is 81.3 Å². The van der Waals surface area contributed by atoms with E-state index >= 15 is 0 Å². The summed E-state index contributed by atoms with van der Waals surface area (Å²) in [6.07, 6.45) is 0. The number of anilines is 1. The minimum atomic E-state index is 0.0226. The average Bonchev–Trinajstić information content (AvgIpc) is 3.37. The van der Waals surface area contributed by atoms with Crippen LogP contribution in [0.2, 0.25) is 0 Å². The number of thiophene rings is 1. The van der Waals surface area contributed by atoms with Crippen molar-refractivity contribution >= 4 is 22.2 Å². The van der Waals surface area contributed by atoms with Gasteiger partial charge in [-0.3, -0.25) is 14.6 Å². The van der Waals surface area contributed by atoms with Gasteiger partial charge in [-0.15, -0.1) is 11.3 Å².